The number of hydrogen-bond donors (Lipinski definition) is 2. The van der Waals surface area contributed by atoms with Gasteiger partial charge in [0.2, 0.25) is 5.91 Å². The highest BCUT2D eigenvalue weighted by Crippen LogP contribution is 2.53. The summed E-state index contributed by atoms with van der Waals surface area (Å²) in [6, 6.07) is -0.289. The van der Waals surface area contributed by atoms with Crippen LogP contribution in [-0.4, -0.2) is 84.6 Å². The summed E-state index contributed by atoms with van der Waals surface area (Å²) < 4.78 is -0.495. The minimum absolute atomic E-state index is 0.0498. The Balaban J connectivity index is 1.49. The first-order valence-corrected chi connectivity index (χ1v) is 10.3. The van der Waals surface area contributed by atoms with Crippen molar-refractivity contribution in [2.45, 2.75) is 36.0 Å². The van der Waals surface area contributed by atoms with E-state index in [-0.39, 0.29) is 17.6 Å². The Hall–Kier alpha value is -1.19. The van der Waals surface area contributed by atoms with Gasteiger partial charge in [-0.1, -0.05) is 11.8 Å². The first kappa shape index (κ1) is 17.2. The number of carboxylic acids is 1. The van der Waals surface area contributed by atoms with E-state index in [0.29, 0.717) is 5.25 Å². The van der Waals surface area contributed by atoms with Crippen molar-refractivity contribution in [3.63, 3.8) is 0 Å². The number of amidine groups is 1. The highest BCUT2D eigenvalue weighted by atomic mass is 32.2. The minimum atomic E-state index is -1.08. The van der Waals surface area contributed by atoms with Gasteiger partial charge in [-0.15, -0.1) is 11.8 Å². The molecule has 0 aromatic rings. The van der Waals surface area contributed by atoms with Crippen LogP contribution in [0.15, 0.2) is 16.8 Å². The Morgan fingerprint density at radius 3 is 2.80 bits per heavy atom. The Labute approximate surface area is 154 Å². The number of amides is 1. The van der Waals surface area contributed by atoms with Crippen LogP contribution in [0.1, 0.15) is 13.8 Å². The standard InChI is InChI=1S/C16H21N3O4S2/c1-8(20)11-12-16(2,5-10(14(22)23)19(12)13(11)21)25-9-6-18(7-9)15-17-3-4-24-15/h5,8-9,11-12,20H,3-4,6-7H2,1-2H3,(H,22,23)/t8-,11-,12+,16-/m1/s1. The third kappa shape index (κ3) is 2.59. The summed E-state index contributed by atoms with van der Waals surface area (Å²) in [4.78, 5) is 31.9. The molecule has 0 unspecified atom stereocenters. The van der Waals surface area contributed by atoms with Gasteiger partial charge in [-0.2, -0.15) is 0 Å². The fourth-order valence-electron chi connectivity index (χ4n) is 4.10. The molecule has 0 aliphatic carbocycles. The van der Waals surface area contributed by atoms with E-state index in [4.69, 9.17) is 0 Å². The molecule has 1 amide bonds. The van der Waals surface area contributed by atoms with Crippen molar-refractivity contribution in [1.82, 2.24) is 9.80 Å². The topological polar surface area (TPSA) is 93.4 Å². The zero-order chi connectivity index (χ0) is 17.9. The van der Waals surface area contributed by atoms with Gasteiger partial charge < -0.3 is 20.0 Å². The predicted molar refractivity (Wildman–Crippen MR) is 97.6 cm³/mol. The Bertz CT molecular complexity index is 689. The van der Waals surface area contributed by atoms with Crippen molar-refractivity contribution >= 4 is 40.6 Å². The molecule has 9 heteroatoms. The summed E-state index contributed by atoms with van der Waals surface area (Å²) in [6.45, 7) is 6.25. The first-order chi connectivity index (χ1) is 11.8. The average molecular weight is 383 g/mol. The molecule has 0 saturated carbocycles. The summed E-state index contributed by atoms with van der Waals surface area (Å²) >= 11 is 3.50. The van der Waals surface area contributed by atoms with Crippen LogP contribution in [0.5, 0.6) is 0 Å². The molecule has 4 heterocycles. The molecular weight excluding hydrogens is 362 g/mol. The monoisotopic (exact) mass is 383 g/mol. The lowest BCUT2D eigenvalue weighted by molar-refractivity contribution is -0.162. The van der Waals surface area contributed by atoms with Crippen LogP contribution in [-0.2, 0) is 9.59 Å². The SMILES string of the molecule is C[C@@H](O)[C@H]1C(=O)N2C(C(=O)O)=C[C@@](C)(SC3CN(C4=NCCS4)C3)[C@H]12. The number of aliphatic hydroxyl groups is 1. The lowest BCUT2D eigenvalue weighted by Crippen LogP contribution is -2.67. The number of fused-ring (bicyclic) bond motifs is 1. The first-order valence-electron chi connectivity index (χ1n) is 8.39. The van der Waals surface area contributed by atoms with Crippen LogP contribution in [0.2, 0.25) is 0 Å². The van der Waals surface area contributed by atoms with Crippen LogP contribution in [0.25, 0.3) is 0 Å². The number of aliphatic imine (C=N–C) groups is 1. The van der Waals surface area contributed by atoms with Crippen LogP contribution >= 0.6 is 23.5 Å². The van der Waals surface area contributed by atoms with Crippen molar-refractivity contribution in [2.75, 3.05) is 25.4 Å². The summed E-state index contributed by atoms with van der Waals surface area (Å²) in [6.07, 6.45) is 0.924. The van der Waals surface area contributed by atoms with Crippen LogP contribution in [0.4, 0.5) is 0 Å². The summed E-state index contributed by atoms with van der Waals surface area (Å²) in [7, 11) is 0. The maximum absolute atomic E-state index is 12.3. The Morgan fingerprint density at radius 1 is 1.52 bits per heavy atom. The second kappa shape index (κ2) is 5.92. The minimum Gasteiger partial charge on any atom is -0.477 e. The van der Waals surface area contributed by atoms with Gasteiger partial charge in [0.1, 0.15) is 5.70 Å². The second-order valence-corrected chi connectivity index (χ2v) is 9.94. The number of likely N-dealkylation sites (tertiary alicyclic amines) is 1. The number of carbonyl (C=O) groups excluding carboxylic acids is 1. The summed E-state index contributed by atoms with van der Waals surface area (Å²) in [5.74, 6) is -0.860. The molecule has 2 saturated heterocycles. The predicted octanol–water partition coefficient (Wildman–Crippen LogP) is 0.455. The third-order valence-electron chi connectivity index (χ3n) is 5.26. The van der Waals surface area contributed by atoms with Crippen LogP contribution < -0.4 is 0 Å². The molecule has 4 rings (SSSR count). The Morgan fingerprint density at radius 2 is 2.24 bits per heavy atom. The number of rotatable bonds is 4. The summed E-state index contributed by atoms with van der Waals surface area (Å²) in [5, 5.41) is 20.9. The van der Waals surface area contributed by atoms with Gasteiger partial charge >= 0.3 is 5.97 Å². The summed E-state index contributed by atoms with van der Waals surface area (Å²) in [5.41, 5.74) is 0.0498. The number of β-lactam (4-membered cyclic amide) rings is 1. The maximum atomic E-state index is 12.3. The average Bonchev–Trinajstić information content (AvgIpc) is 3.07. The van der Waals surface area contributed by atoms with E-state index in [0.717, 1.165) is 30.6 Å². The van der Waals surface area contributed by atoms with Crippen molar-refractivity contribution in [3.8, 4) is 0 Å². The zero-order valence-corrected chi connectivity index (χ0v) is 15.7. The van der Waals surface area contributed by atoms with Crippen LogP contribution in [0, 0.1) is 5.92 Å². The van der Waals surface area contributed by atoms with Gasteiger partial charge in [0.05, 0.1) is 29.4 Å². The van der Waals surface area contributed by atoms with E-state index in [1.54, 1.807) is 36.5 Å². The van der Waals surface area contributed by atoms with E-state index in [1.165, 1.54) is 4.90 Å². The molecule has 0 bridgehead atoms. The van der Waals surface area contributed by atoms with Crippen LogP contribution in [0.3, 0.4) is 0 Å². The second-order valence-electron chi connectivity index (χ2n) is 7.10. The Kier molecular flexibility index (Phi) is 4.08. The van der Waals surface area contributed by atoms with Gasteiger partial charge in [0.25, 0.3) is 0 Å². The normalized spacial score (nSPS) is 35.7. The third-order valence-corrected chi connectivity index (χ3v) is 7.79. The molecule has 0 aromatic carbocycles. The number of carboxylic acid groups (broad SMARTS) is 1. The molecule has 7 nitrogen and oxygen atoms in total. The molecule has 4 aliphatic rings. The fourth-order valence-corrected chi connectivity index (χ4v) is 6.78. The van der Waals surface area contributed by atoms with E-state index < -0.39 is 22.7 Å². The van der Waals surface area contributed by atoms with Crippen molar-refractivity contribution in [2.24, 2.45) is 10.9 Å². The molecule has 25 heavy (non-hydrogen) atoms. The number of thioether (sulfide) groups is 2. The van der Waals surface area contributed by atoms with E-state index in [1.807, 2.05) is 6.92 Å². The molecule has 0 aromatic heterocycles. The number of nitrogens with zero attached hydrogens (tertiary/aromatic N) is 3. The fraction of sp³-hybridized carbons (Fsp3) is 0.688. The smallest absolute Gasteiger partial charge is 0.352 e. The lowest BCUT2D eigenvalue weighted by Gasteiger charge is -2.52. The molecule has 2 N–H and O–H groups in total. The van der Waals surface area contributed by atoms with Gasteiger partial charge in [0, 0.05) is 24.1 Å². The number of aliphatic carboxylic acids is 1. The van der Waals surface area contributed by atoms with Gasteiger partial charge in [-0.3, -0.25) is 9.79 Å². The van der Waals surface area contributed by atoms with Crippen molar-refractivity contribution < 1.29 is 19.8 Å². The van der Waals surface area contributed by atoms with Gasteiger partial charge in [-0.05, 0) is 19.9 Å². The van der Waals surface area contributed by atoms with Gasteiger partial charge in [0.15, 0.2) is 5.17 Å². The van der Waals surface area contributed by atoms with E-state index in [2.05, 4.69) is 9.89 Å². The number of hydrogen-bond acceptors (Lipinski definition) is 7. The molecular formula is C16H21N3O4S2. The highest BCUT2D eigenvalue weighted by molar-refractivity contribution is 8.14. The molecule has 4 aliphatic heterocycles. The molecule has 4 atom stereocenters. The highest BCUT2D eigenvalue weighted by Gasteiger charge is 2.63. The van der Waals surface area contributed by atoms with E-state index in [9.17, 15) is 19.8 Å². The molecule has 0 radical (unpaired) electrons. The maximum Gasteiger partial charge on any atom is 0.352 e. The largest absolute Gasteiger partial charge is 0.477 e. The van der Waals surface area contributed by atoms with E-state index >= 15 is 0 Å². The molecule has 0 spiro atoms. The molecule has 136 valence electrons. The van der Waals surface area contributed by atoms with Crippen molar-refractivity contribution in [1.29, 1.82) is 0 Å². The van der Waals surface area contributed by atoms with Gasteiger partial charge in [-0.25, -0.2) is 4.79 Å². The molecule has 2 fully saturated rings. The zero-order valence-electron chi connectivity index (χ0n) is 14.1. The lowest BCUT2D eigenvalue weighted by atomic mass is 9.78. The number of carbonyl (C=O) groups is 2. The quantitative estimate of drug-likeness (QED) is 0.681. The van der Waals surface area contributed by atoms with Crippen molar-refractivity contribution in [3.05, 3.63) is 11.8 Å². The number of aliphatic hydroxyl groups excluding tert-OH is 1.